The van der Waals surface area contributed by atoms with Crippen molar-refractivity contribution in [2.75, 3.05) is 26.2 Å². The van der Waals surface area contributed by atoms with Gasteiger partial charge in [0.15, 0.2) is 0 Å². The summed E-state index contributed by atoms with van der Waals surface area (Å²) >= 11 is 0. The van der Waals surface area contributed by atoms with Crippen LogP contribution in [0.3, 0.4) is 0 Å². The van der Waals surface area contributed by atoms with E-state index in [1.165, 1.54) is 61.4 Å². The van der Waals surface area contributed by atoms with Gasteiger partial charge < -0.3 is 14.2 Å². The number of aryl methyl sites for hydroxylation is 3. The SMILES string of the molecule is Cc1cccc(OCCCCn2c(CCCN3CCCC3)nc3ccccc32)c1C. The van der Waals surface area contributed by atoms with Gasteiger partial charge in [-0.3, -0.25) is 0 Å². The Balaban J connectivity index is 1.32. The fourth-order valence-electron chi connectivity index (χ4n) is 4.47. The van der Waals surface area contributed by atoms with Gasteiger partial charge in [-0.05, 0) is 94.9 Å². The van der Waals surface area contributed by atoms with Crippen molar-refractivity contribution < 1.29 is 4.74 Å². The number of unbranched alkanes of at least 4 members (excludes halogenated alkanes) is 1. The average Bonchev–Trinajstić information content (AvgIpc) is 3.39. The molecule has 1 saturated heterocycles. The quantitative estimate of drug-likeness (QED) is 0.415. The van der Waals surface area contributed by atoms with Gasteiger partial charge in [0.2, 0.25) is 0 Å². The first-order valence-corrected chi connectivity index (χ1v) is 11.6. The monoisotopic (exact) mass is 405 g/mol. The van der Waals surface area contributed by atoms with Crippen molar-refractivity contribution in [2.24, 2.45) is 0 Å². The highest BCUT2D eigenvalue weighted by molar-refractivity contribution is 5.75. The van der Waals surface area contributed by atoms with Crippen LogP contribution in [0.15, 0.2) is 42.5 Å². The van der Waals surface area contributed by atoms with Gasteiger partial charge in [0.25, 0.3) is 0 Å². The van der Waals surface area contributed by atoms with Gasteiger partial charge in [-0.1, -0.05) is 24.3 Å². The lowest BCUT2D eigenvalue weighted by atomic mass is 10.1. The maximum Gasteiger partial charge on any atom is 0.122 e. The molecule has 0 radical (unpaired) electrons. The van der Waals surface area contributed by atoms with Gasteiger partial charge in [-0.2, -0.15) is 0 Å². The standard InChI is InChI=1S/C26H35N3O/c1-21-11-9-14-25(22(21)2)30-20-8-7-19-29-24-13-4-3-12-23(24)27-26(29)15-10-18-28-16-5-6-17-28/h3-4,9,11-14H,5-8,10,15-20H2,1-2H3. The first-order valence-electron chi connectivity index (χ1n) is 11.6. The van der Waals surface area contributed by atoms with Crippen molar-refractivity contribution in [3.63, 3.8) is 0 Å². The minimum Gasteiger partial charge on any atom is -0.493 e. The Morgan fingerprint density at radius 3 is 2.60 bits per heavy atom. The van der Waals surface area contributed by atoms with Crippen molar-refractivity contribution in [3.8, 4) is 5.75 Å². The zero-order valence-electron chi connectivity index (χ0n) is 18.6. The van der Waals surface area contributed by atoms with Crippen LogP contribution in [-0.4, -0.2) is 40.7 Å². The summed E-state index contributed by atoms with van der Waals surface area (Å²) in [7, 11) is 0. The van der Waals surface area contributed by atoms with E-state index < -0.39 is 0 Å². The van der Waals surface area contributed by atoms with Crippen LogP contribution in [0.25, 0.3) is 11.0 Å². The molecule has 160 valence electrons. The zero-order chi connectivity index (χ0) is 20.8. The third kappa shape index (κ3) is 5.04. The Morgan fingerprint density at radius 2 is 1.73 bits per heavy atom. The summed E-state index contributed by atoms with van der Waals surface area (Å²) in [5.74, 6) is 2.26. The lowest BCUT2D eigenvalue weighted by Gasteiger charge is -2.15. The van der Waals surface area contributed by atoms with E-state index in [4.69, 9.17) is 9.72 Å². The molecule has 4 nitrogen and oxygen atoms in total. The van der Waals surface area contributed by atoms with Crippen molar-refractivity contribution in [2.45, 2.75) is 58.9 Å². The second-order valence-electron chi connectivity index (χ2n) is 8.57. The largest absolute Gasteiger partial charge is 0.493 e. The molecule has 4 heteroatoms. The average molecular weight is 406 g/mol. The topological polar surface area (TPSA) is 30.3 Å². The van der Waals surface area contributed by atoms with Crippen LogP contribution in [0, 0.1) is 13.8 Å². The van der Waals surface area contributed by atoms with E-state index >= 15 is 0 Å². The van der Waals surface area contributed by atoms with Crippen LogP contribution < -0.4 is 4.74 Å². The second kappa shape index (κ2) is 10.1. The predicted octanol–water partition coefficient (Wildman–Crippen LogP) is 5.54. The molecule has 2 heterocycles. The van der Waals surface area contributed by atoms with E-state index in [0.717, 1.165) is 43.7 Å². The zero-order valence-corrected chi connectivity index (χ0v) is 18.6. The molecule has 2 aromatic carbocycles. The number of hydrogen-bond donors (Lipinski definition) is 0. The Kier molecular flexibility index (Phi) is 7.06. The Bertz CT molecular complexity index is 956. The number of imidazole rings is 1. The molecule has 0 N–H and O–H groups in total. The number of likely N-dealkylation sites (tertiary alicyclic amines) is 1. The minimum atomic E-state index is 0.765. The Labute approximate surface area is 180 Å². The van der Waals surface area contributed by atoms with Crippen LogP contribution in [-0.2, 0) is 13.0 Å². The van der Waals surface area contributed by atoms with E-state index in [9.17, 15) is 0 Å². The van der Waals surface area contributed by atoms with E-state index in [0.29, 0.717) is 0 Å². The maximum absolute atomic E-state index is 6.05. The molecule has 1 fully saturated rings. The van der Waals surface area contributed by atoms with E-state index in [1.807, 2.05) is 0 Å². The fourth-order valence-corrected chi connectivity index (χ4v) is 4.47. The summed E-state index contributed by atoms with van der Waals surface area (Å²) in [6.45, 7) is 9.80. The highest BCUT2D eigenvalue weighted by Crippen LogP contribution is 2.22. The Morgan fingerprint density at radius 1 is 0.900 bits per heavy atom. The highest BCUT2D eigenvalue weighted by atomic mass is 16.5. The molecule has 1 aliphatic heterocycles. The second-order valence-corrected chi connectivity index (χ2v) is 8.57. The molecular formula is C26H35N3O. The number of fused-ring (bicyclic) bond motifs is 1. The van der Waals surface area contributed by atoms with Crippen molar-refractivity contribution in [1.82, 2.24) is 14.5 Å². The molecule has 0 aliphatic carbocycles. The van der Waals surface area contributed by atoms with Crippen LogP contribution >= 0.6 is 0 Å². The van der Waals surface area contributed by atoms with Crippen LogP contribution in [0.1, 0.15) is 49.1 Å². The maximum atomic E-state index is 6.05. The summed E-state index contributed by atoms with van der Waals surface area (Å²) in [6, 6.07) is 14.8. The summed E-state index contributed by atoms with van der Waals surface area (Å²) in [6.07, 6.45) is 7.13. The summed E-state index contributed by atoms with van der Waals surface area (Å²) in [5.41, 5.74) is 4.93. The van der Waals surface area contributed by atoms with Gasteiger partial charge >= 0.3 is 0 Å². The number of nitrogens with zero attached hydrogens (tertiary/aromatic N) is 3. The molecule has 0 amide bonds. The van der Waals surface area contributed by atoms with Crippen LogP contribution in [0.2, 0.25) is 0 Å². The van der Waals surface area contributed by atoms with Crippen molar-refractivity contribution in [1.29, 1.82) is 0 Å². The lowest BCUT2D eigenvalue weighted by molar-refractivity contribution is 0.301. The molecule has 30 heavy (non-hydrogen) atoms. The number of ether oxygens (including phenoxy) is 1. The van der Waals surface area contributed by atoms with Crippen molar-refractivity contribution in [3.05, 3.63) is 59.4 Å². The smallest absolute Gasteiger partial charge is 0.122 e. The normalized spacial score (nSPS) is 14.6. The van der Waals surface area contributed by atoms with E-state index in [2.05, 4.69) is 65.8 Å². The van der Waals surface area contributed by atoms with E-state index in [1.54, 1.807) is 0 Å². The lowest BCUT2D eigenvalue weighted by Crippen LogP contribution is -2.21. The number of aromatic nitrogens is 2. The van der Waals surface area contributed by atoms with Crippen LogP contribution in [0.4, 0.5) is 0 Å². The molecule has 0 bridgehead atoms. The Hall–Kier alpha value is -2.33. The molecule has 1 aliphatic rings. The van der Waals surface area contributed by atoms with Gasteiger partial charge in [-0.15, -0.1) is 0 Å². The molecule has 0 unspecified atom stereocenters. The number of rotatable bonds is 10. The molecule has 0 spiro atoms. The number of hydrogen-bond acceptors (Lipinski definition) is 3. The first-order chi connectivity index (χ1) is 14.7. The molecule has 0 saturated carbocycles. The molecule has 1 aromatic heterocycles. The third-order valence-electron chi connectivity index (χ3n) is 6.40. The first kappa shape index (κ1) is 20.9. The summed E-state index contributed by atoms with van der Waals surface area (Å²) < 4.78 is 8.49. The molecular weight excluding hydrogens is 370 g/mol. The summed E-state index contributed by atoms with van der Waals surface area (Å²) in [5, 5.41) is 0. The minimum absolute atomic E-state index is 0.765. The van der Waals surface area contributed by atoms with E-state index in [-0.39, 0.29) is 0 Å². The van der Waals surface area contributed by atoms with Crippen molar-refractivity contribution >= 4 is 11.0 Å². The van der Waals surface area contributed by atoms with Gasteiger partial charge in [0.05, 0.1) is 17.6 Å². The van der Waals surface area contributed by atoms with Crippen LogP contribution in [0.5, 0.6) is 5.75 Å². The van der Waals surface area contributed by atoms with Gasteiger partial charge in [-0.25, -0.2) is 4.98 Å². The fraction of sp³-hybridized carbons (Fsp3) is 0.500. The van der Waals surface area contributed by atoms with Gasteiger partial charge in [0.1, 0.15) is 11.6 Å². The third-order valence-corrected chi connectivity index (χ3v) is 6.40. The molecule has 3 aromatic rings. The number of para-hydroxylation sites is 2. The molecule has 0 atom stereocenters. The summed E-state index contributed by atoms with van der Waals surface area (Å²) in [4.78, 5) is 7.55. The highest BCUT2D eigenvalue weighted by Gasteiger charge is 2.13. The predicted molar refractivity (Wildman–Crippen MR) is 124 cm³/mol. The van der Waals surface area contributed by atoms with Gasteiger partial charge in [0, 0.05) is 13.0 Å². The molecule has 4 rings (SSSR count). The number of benzene rings is 2.